The SMILES string of the molecule is CC/C=C\C/C=C\C/C=C\CCCCCCCCCC(=O)OCC(O)COP(=O)(O)OCC(O)COP(=O)(O)OCC(COC(=O)CCCCCCCCCCCCC)OC(=O)CCCCCCCCCCCCC. The number of carbonyl (C=O) groups excluding carboxylic acids is 3. The molecule has 440 valence electrons. The summed E-state index contributed by atoms with van der Waals surface area (Å²) < 4.78 is 60.5. The first kappa shape index (κ1) is 72.8. The lowest BCUT2D eigenvalue weighted by atomic mass is 10.1. The quantitative estimate of drug-likeness (QED) is 0.0146. The van der Waals surface area contributed by atoms with Crippen LogP contribution in [0.4, 0.5) is 0 Å². The van der Waals surface area contributed by atoms with E-state index in [0.717, 1.165) is 109 Å². The molecule has 0 amide bonds. The Hall–Kier alpha value is -2.23. The number of phosphoric acid groups is 2. The Morgan fingerprint density at radius 3 is 1.12 bits per heavy atom. The molecule has 0 rings (SSSR count). The molecule has 16 nitrogen and oxygen atoms in total. The summed E-state index contributed by atoms with van der Waals surface area (Å²) in [5.74, 6) is -1.57. The highest BCUT2D eigenvalue weighted by atomic mass is 31.2. The summed E-state index contributed by atoms with van der Waals surface area (Å²) in [4.78, 5) is 57.9. The predicted octanol–water partition coefficient (Wildman–Crippen LogP) is 14.7. The summed E-state index contributed by atoms with van der Waals surface area (Å²) in [6, 6.07) is 0. The van der Waals surface area contributed by atoms with Crippen LogP contribution in [0.25, 0.3) is 0 Å². The number of aliphatic hydroxyl groups is 2. The van der Waals surface area contributed by atoms with Gasteiger partial charge in [0.2, 0.25) is 0 Å². The predicted molar refractivity (Wildman–Crippen MR) is 298 cm³/mol. The van der Waals surface area contributed by atoms with Crippen LogP contribution in [-0.4, -0.2) is 95.9 Å². The first-order chi connectivity index (χ1) is 36.2. The summed E-state index contributed by atoms with van der Waals surface area (Å²) in [6.45, 7) is 2.53. The molecule has 5 unspecified atom stereocenters. The van der Waals surface area contributed by atoms with Crippen LogP contribution < -0.4 is 0 Å². The maximum absolute atomic E-state index is 12.8. The molecule has 0 aromatic heterocycles. The van der Waals surface area contributed by atoms with E-state index in [4.69, 9.17) is 32.3 Å². The van der Waals surface area contributed by atoms with Gasteiger partial charge in [0, 0.05) is 19.3 Å². The number of esters is 3. The second kappa shape index (κ2) is 52.5. The van der Waals surface area contributed by atoms with E-state index in [9.17, 15) is 43.5 Å². The Morgan fingerprint density at radius 2 is 0.707 bits per heavy atom. The molecule has 0 aromatic rings. The third kappa shape index (κ3) is 53.6. The smallest absolute Gasteiger partial charge is 0.463 e. The van der Waals surface area contributed by atoms with Crippen molar-refractivity contribution in [2.45, 2.75) is 270 Å². The van der Waals surface area contributed by atoms with Gasteiger partial charge >= 0.3 is 33.6 Å². The van der Waals surface area contributed by atoms with Crippen LogP contribution in [0.1, 0.15) is 252 Å². The topological polar surface area (TPSA) is 231 Å². The summed E-state index contributed by atoms with van der Waals surface area (Å²) >= 11 is 0. The summed E-state index contributed by atoms with van der Waals surface area (Å²) in [6.07, 6.45) is 45.1. The summed E-state index contributed by atoms with van der Waals surface area (Å²) in [5, 5.41) is 20.4. The lowest BCUT2D eigenvalue weighted by molar-refractivity contribution is -0.161. The number of aliphatic hydroxyl groups excluding tert-OH is 2. The van der Waals surface area contributed by atoms with E-state index in [1.807, 2.05) is 0 Å². The van der Waals surface area contributed by atoms with Crippen molar-refractivity contribution in [2.75, 3.05) is 39.6 Å². The van der Waals surface area contributed by atoms with Crippen molar-refractivity contribution >= 4 is 33.6 Å². The summed E-state index contributed by atoms with van der Waals surface area (Å²) in [7, 11) is -9.73. The van der Waals surface area contributed by atoms with Crippen molar-refractivity contribution in [3.63, 3.8) is 0 Å². The number of allylic oxidation sites excluding steroid dienone is 6. The second-order valence-electron chi connectivity index (χ2n) is 19.8. The lowest BCUT2D eigenvalue weighted by Gasteiger charge is -2.21. The molecule has 0 saturated carbocycles. The van der Waals surface area contributed by atoms with E-state index < -0.39 is 91.5 Å². The van der Waals surface area contributed by atoms with Gasteiger partial charge in [-0.25, -0.2) is 9.13 Å². The standard InChI is InChI=1S/C57H106O16P2/c1-4-7-10-13-16-19-22-23-24-25-26-27-30-32-34-37-40-43-55(60)67-46-52(58)47-69-74(63,64)70-48-53(59)49-71-75(65,66)72-51-54(73-57(62)45-42-39-36-33-29-21-18-15-12-9-6-3)50-68-56(61)44-41-38-35-31-28-20-17-14-11-8-5-2/h7,10,16,19,23-24,52-54,58-59H,4-6,8-9,11-15,17-18,20-22,25-51H2,1-3H3,(H,63,64)(H,65,66)/b10-7-,19-16-,24-23-. The van der Waals surface area contributed by atoms with Gasteiger partial charge < -0.3 is 34.2 Å². The molecule has 5 atom stereocenters. The minimum Gasteiger partial charge on any atom is -0.463 e. The van der Waals surface area contributed by atoms with E-state index in [2.05, 4.69) is 57.2 Å². The lowest BCUT2D eigenvalue weighted by Crippen LogP contribution is -2.30. The zero-order valence-corrected chi connectivity index (χ0v) is 48.8. The Morgan fingerprint density at radius 1 is 0.387 bits per heavy atom. The van der Waals surface area contributed by atoms with Gasteiger partial charge in [-0.05, 0) is 51.4 Å². The van der Waals surface area contributed by atoms with Gasteiger partial charge in [0.25, 0.3) is 0 Å². The fourth-order valence-electron chi connectivity index (χ4n) is 7.88. The van der Waals surface area contributed by atoms with Crippen molar-refractivity contribution in [1.82, 2.24) is 0 Å². The van der Waals surface area contributed by atoms with Crippen molar-refractivity contribution in [3.05, 3.63) is 36.5 Å². The van der Waals surface area contributed by atoms with E-state index >= 15 is 0 Å². The first-order valence-electron chi connectivity index (χ1n) is 29.3. The van der Waals surface area contributed by atoms with Crippen molar-refractivity contribution in [3.8, 4) is 0 Å². The average Bonchev–Trinajstić information content (AvgIpc) is 3.38. The maximum Gasteiger partial charge on any atom is 0.472 e. The highest BCUT2D eigenvalue weighted by molar-refractivity contribution is 7.47. The summed E-state index contributed by atoms with van der Waals surface area (Å²) in [5.41, 5.74) is 0. The van der Waals surface area contributed by atoms with E-state index in [1.165, 1.54) is 83.5 Å². The third-order valence-electron chi connectivity index (χ3n) is 12.4. The van der Waals surface area contributed by atoms with Crippen molar-refractivity contribution in [2.24, 2.45) is 0 Å². The molecule has 0 heterocycles. The molecule has 0 spiro atoms. The largest absolute Gasteiger partial charge is 0.472 e. The van der Waals surface area contributed by atoms with Gasteiger partial charge in [-0.3, -0.25) is 32.5 Å². The van der Waals surface area contributed by atoms with Gasteiger partial charge in [0.15, 0.2) is 6.10 Å². The molecule has 0 aliphatic rings. The van der Waals surface area contributed by atoms with Crippen LogP contribution in [0, 0.1) is 0 Å². The van der Waals surface area contributed by atoms with Gasteiger partial charge in [0.1, 0.15) is 25.4 Å². The van der Waals surface area contributed by atoms with Crippen LogP contribution in [0.5, 0.6) is 0 Å². The molecule has 75 heavy (non-hydrogen) atoms. The highest BCUT2D eigenvalue weighted by Gasteiger charge is 2.29. The molecule has 4 N–H and O–H groups in total. The molecule has 0 radical (unpaired) electrons. The Kier molecular flexibility index (Phi) is 50.9. The average molecular weight is 1110 g/mol. The molecule has 18 heteroatoms. The molecule has 0 fully saturated rings. The fourth-order valence-corrected chi connectivity index (χ4v) is 9.46. The minimum atomic E-state index is -4.90. The maximum atomic E-state index is 12.8. The number of ether oxygens (including phenoxy) is 3. The van der Waals surface area contributed by atoms with Crippen molar-refractivity contribution in [1.29, 1.82) is 0 Å². The highest BCUT2D eigenvalue weighted by Crippen LogP contribution is 2.45. The molecule has 0 aliphatic carbocycles. The zero-order valence-electron chi connectivity index (χ0n) is 47.0. The monoisotopic (exact) mass is 1110 g/mol. The normalized spacial score (nSPS) is 14.8. The Balaban J connectivity index is 4.58. The van der Waals surface area contributed by atoms with Gasteiger partial charge in [-0.1, -0.05) is 218 Å². The van der Waals surface area contributed by atoms with Gasteiger partial charge in [-0.15, -0.1) is 0 Å². The van der Waals surface area contributed by atoms with E-state index in [-0.39, 0.29) is 19.3 Å². The molecule has 0 bridgehead atoms. The Bertz CT molecular complexity index is 1540. The molecular weight excluding hydrogens is 1000 g/mol. The number of unbranched alkanes of at least 4 members (excludes halogenated alkanes) is 27. The van der Waals surface area contributed by atoms with Gasteiger partial charge in [0.05, 0.1) is 26.4 Å². The number of carbonyl (C=O) groups is 3. The third-order valence-corrected chi connectivity index (χ3v) is 14.3. The van der Waals surface area contributed by atoms with E-state index in [1.54, 1.807) is 0 Å². The van der Waals surface area contributed by atoms with Crippen LogP contribution in [0.3, 0.4) is 0 Å². The van der Waals surface area contributed by atoms with E-state index in [0.29, 0.717) is 19.3 Å². The van der Waals surface area contributed by atoms with Crippen LogP contribution >= 0.6 is 15.6 Å². The van der Waals surface area contributed by atoms with Crippen molar-refractivity contribution < 1.29 is 75.8 Å². The Labute approximate surface area is 454 Å². The molecule has 0 aliphatic heterocycles. The molecule has 0 aromatic carbocycles. The molecule has 0 saturated heterocycles. The first-order valence-corrected chi connectivity index (χ1v) is 32.3. The fraction of sp³-hybridized carbons (Fsp3) is 0.842. The number of hydrogen-bond acceptors (Lipinski definition) is 14. The number of phosphoric ester groups is 2. The minimum absolute atomic E-state index is 0.112. The second-order valence-corrected chi connectivity index (χ2v) is 22.7. The van der Waals surface area contributed by atoms with Crippen LogP contribution in [-0.2, 0) is 55.8 Å². The van der Waals surface area contributed by atoms with Gasteiger partial charge in [-0.2, -0.15) is 0 Å². The van der Waals surface area contributed by atoms with Crippen LogP contribution in [0.2, 0.25) is 0 Å². The van der Waals surface area contributed by atoms with Crippen LogP contribution in [0.15, 0.2) is 36.5 Å². The zero-order chi connectivity index (χ0) is 55.4. The molecular formula is C57H106O16P2. The number of hydrogen-bond donors (Lipinski definition) is 4. The number of rotatable bonds is 56.